The van der Waals surface area contributed by atoms with E-state index in [4.69, 9.17) is 9.47 Å². The molecule has 2 heterocycles. The molecule has 4 rings (SSSR count). The van der Waals surface area contributed by atoms with E-state index in [0.29, 0.717) is 28.4 Å². The van der Waals surface area contributed by atoms with Gasteiger partial charge >= 0.3 is 0 Å². The van der Waals surface area contributed by atoms with Crippen LogP contribution in [0.2, 0.25) is 0 Å². The van der Waals surface area contributed by atoms with Crippen LogP contribution in [0.3, 0.4) is 0 Å². The van der Waals surface area contributed by atoms with E-state index in [0.717, 1.165) is 0 Å². The number of para-hydroxylation sites is 1. The molecule has 0 saturated heterocycles. The third kappa shape index (κ3) is 3.55. The maximum absolute atomic E-state index is 12.3. The fraction of sp³-hybridized carbons (Fsp3) is 0.211. The number of hydrogen-bond acceptors (Lipinski definition) is 5. The number of fused-ring (bicyclic) bond motifs is 2. The standard InChI is InChI=1S/C19H17N3O5/c23-17(20-11-5-7-15-16(9-11)27-10-26-15)8-6-14-19(25)21-13-4-2-1-3-12(13)18(24)22-14/h1-5,7,9,14H,6,8,10H2,(H,20,23)(H,21,25)(H,22,24)/t14-/m0/s1. The highest BCUT2D eigenvalue weighted by molar-refractivity contribution is 6.10. The van der Waals surface area contributed by atoms with Crippen LogP contribution in [-0.2, 0) is 9.59 Å². The van der Waals surface area contributed by atoms with E-state index < -0.39 is 6.04 Å². The van der Waals surface area contributed by atoms with Crippen LogP contribution in [0.25, 0.3) is 0 Å². The van der Waals surface area contributed by atoms with E-state index in [1.165, 1.54) is 0 Å². The Morgan fingerprint density at radius 2 is 1.93 bits per heavy atom. The van der Waals surface area contributed by atoms with Gasteiger partial charge in [0.2, 0.25) is 18.6 Å². The molecule has 3 amide bonds. The summed E-state index contributed by atoms with van der Waals surface area (Å²) >= 11 is 0. The van der Waals surface area contributed by atoms with Crippen LogP contribution in [0.4, 0.5) is 11.4 Å². The zero-order chi connectivity index (χ0) is 18.8. The number of hydrogen-bond donors (Lipinski definition) is 3. The van der Waals surface area contributed by atoms with Gasteiger partial charge in [0.25, 0.3) is 5.91 Å². The summed E-state index contributed by atoms with van der Waals surface area (Å²) in [6.07, 6.45) is 0.255. The van der Waals surface area contributed by atoms with Gasteiger partial charge in [-0.3, -0.25) is 14.4 Å². The Morgan fingerprint density at radius 3 is 2.81 bits per heavy atom. The average molecular weight is 367 g/mol. The van der Waals surface area contributed by atoms with Crippen LogP contribution >= 0.6 is 0 Å². The molecule has 8 heteroatoms. The molecule has 138 valence electrons. The minimum Gasteiger partial charge on any atom is -0.454 e. The first-order valence-electron chi connectivity index (χ1n) is 8.50. The number of carbonyl (C=O) groups excluding carboxylic acids is 3. The summed E-state index contributed by atoms with van der Waals surface area (Å²) in [5, 5.41) is 8.14. The third-order valence-electron chi connectivity index (χ3n) is 4.37. The SMILES string of the molecule is O=C(CC[C@@H]1NC(=O)c2ccccc2NC1=O)Nc1ccc2c(c1)OCO2. The number of benzene rings is 2. The van der Waals surface area contributed by atoms with Gasteiger partial charge in [-0.05, 0) is 30.7 Å². The Balaban J connectivity index is 1.36. The lowest BCUT2D eigenvalue weighted by atomic mass is 10.1. The van der Waals surface area contributed by atoms with Gasteiger partial charge in [-0.1, -0.05) is 12.1 Å². The van der Waals surface area contributed by atoms with E-state index in [9.17, 15) is 14.4 Å². The molecule has 2 aromatic carbocycles. The molecule has 0 aliphatic carbocycles. The summed E-state index contributed by atoms with van der Waals surface area (Å²) < 4.78 is 10.5. The summed E-state index contributed by atoms with van der Waals surface area (Å²) in [5.74, 6) is 0.248. The Kier molecular flexibility index (Phi) is 4.37. The lowest BCUT2D eigenvalue weighted by Crippen LogP contribution is -2.41. The Morgan fingerprint density at radius 1 is 1.11 bits per heavy atom. The predicted octanol–water partition coefficient (Wildman–Crippen LogP) is 1.88. The predicted molar refractivity (Wildman–Crippen MR) is 96.8 cm³/mol. The summed E-state index contributed by atoms with van der Waals surface area (Å²) in [4.78, 5) is 36.8. The molecule has 1 atom stereocenters. The van der Waals surface area contributed by atoms with Crippen LogP contribution in [0.5, 0.6) is 11.5 Å². The molecule has 0 saturated carbocycles. The van der Waals surface area contributed by atoms with Crippen molar-refractivity contribution in [2.24, 2.45) is 0 Å². The van der Waals surface area contributed by atoms with Crippen LogP contribution in [0, 0.1) is 0 Å². The van der Waals surface area contributed by atoms with Crippen molar-refractivity contribution in [2.45, 2.75) is 18.9 Å². The molecule has 0 spiro atoms. The number of anilines is 2. The van der Waals surface area contributed by atoms with Gasteiger partial charge < -0.3 is 25.4 Å². The van der Waals surface area contributed by atoms with Crippen molar-refractivity contribution < 1.29 is 23.9 Å². The molecule has 3 N–H and O–H groups in total. The minimum atomic E-state index is -0.785. The monoisotopic (exact) mass is 367 g/mol. The minimum absolute atomic E-state index is 0.0726. The van der Waals surface area contributed by atoms with Gasteiger partial charge in [0, 0.05) is 18.2 Å². The highest BCUT2D eigenvalue weighted by Crippen LogP contribution is 2.34. The fourth-order valence-electron chi connectivity index (χ4n) is 2.99. The van der Waals surface area contributed by atoms with E-state index in [2.05, 4.69) is 16.0 Å². The molecule has 8 nitrogen and oxygen atoms in total. The van der Waals surface area contributed by atoms with Crippen LogP contribution in [-0.4, -0.2) is 30.6 Å². The molecule has 2 aliphatic heterocycles. The number of rotatable bonds is 4. The second-order valence-electron chi connectivity index (χ2n) is 6.22. The number of ether oxygens (including phenoxy) is 2. The molecule has 0 bridgehead atoms. The number of carbonyl (C=O) groups is 3. The maximum Gasteiger partial charge on any atom is 0.254 e. The molecule has 0 radical (unpaired) electrons. The Hall–Kier alpha value is -3.55. The van der Waals surface area contributed by atoms with Gasteiger partial charge in [0.1, 0.15) is 6.04 Å². The zero-order valence-corrected chi connectivity index (χ0v) is 14.3. The quantitative estimate of drug-likeness (QED) is 0.765. The summed E-state index contributed by atoms with van der Waals surface area (Å²) in [5.41, 5.74) is 1.44. The lowest BCUT2D eigenvalue weighted by Gasteiger charge is -2.14. The summed E-state index contributed by atoms with van der Waals surface area (Å²) in [6, 6.07) is 11.1. The molecule has 2 aromatic rings. The number of nitrogens with one attached hydrogen (secondary N) is 3. The summed E-state index contributed by atoms with van der Waals surface area (Å²) in [7, 11) is 0. The van der Waals surface area contributed by atoms with E-state index >= 15 is 0 Å². The molecule has 27 heavy (non-hydrogen) atoms. The Labute approximate surface area is 154 Å². The molecular weight excluding hydrogens is 350 g/mol. The second kappa shape index (κ2) is 6.99. The van der Waals surface area contributed by atoms with Gasteiger partial charge in [-0.2, -0.15) is 0 Å². The van der Waals surface area contributed by atoms with Gasteiger partial charge in [-0.15, -0.1) is 0 Å². The van der Waals surface area contributed by atoms with E-state index in [-0.39, 0.29) is 37.4 Å². The van der Waals surface area contributed by atoms with Crippen LogP contribution in [0.1, 0.15) is 23.2 Å². The lowest BCUT2D eigenvalue weighted by molar-refractivity contribution is -0.118. The molecule has 0 fully saturated rings. The van der Waals surface area contributed by atoms with Gasteiger partial charge in [0.05, 0.1) is 11.3 Å². The first-order valence-corrected chi connectivity index (χ1v) is 8.50. The first kappa shape index (κ1) is 16.9. The second-order valence-corrected chi connectivity index (χ2v) is 6.22. The van der Waals surface area contributed by atoms with E-state index in [1.54, 1.807) is 42.5 Å². The molecule has 2 aliphatic rings. The maximum atomic E-state index is 12.3. The van der Waals surface area contributed by atoms with Crippen molar-refractivity contribution in [1.29, 1.82) is 0 Å². The molecule has 0 aromatic heterocycles. The van der Waals surface area contributed by atoms with Crippen LogP contribution in [0.15, 0.2) is 42.5 Å². The average Bonchev–Trinajstić information content (AvgIpc) is 3.08. The topological polar surface area (TPSA) is 106 Å². The van der Waals surface area contributed by atoms with Crippen molar-refractivity contribution in [3.63, 3.8) is 0 Å². The van der Waals surface area contributed by atoms with Crippen molar-refractivity contribution in [1.82, 2.24) is 5.32 Å². The smallest absolute Gasteiger partial charge is 0.254 e. The highest BCUT2D eigenvalue weighted by atomic mass is 16.7. The van der Waals surface area contributed by atoms with Gasteiger partial charge in [0.15, 0.2) is 11.5 Å². The third-order valence-corrected chi connectivity index (χ3v) is 4.37. The van der Waals surface area contributed by atoms with Crippen molar-refractivity contribution in [3.8, 4) is 11.5 Å². The first-order chi connectivity index (χ1) is 13.1. The van der Waals surface area contributed by atoms with Crippen molar-refractivity contribution >= 4 is 29.1 Å². The van der Waals surface area contributed by atoms with Gasteiger partial charge in [-0.25, -0.2) is 0 Å². The normalized spacial score (nSPS) is 17.4. The van der Waals surface area contributed by atoms with Crippen molar-refractivity contribution in [3.05, 3.63) is 48.0 Å². The number of amides is 3. The fourth-order valence-corrected chi connectivity index (χ4v) is 2.99. The van der Waals surface area contributed by atoms with E-state index in [1.807, 2.05) is 0 Å². The molecular formula is C19H17N3O5. The summed E-state index contributed by atoms with van der Waals surface area (Å²) in [6.45, 7) is 0.158. The van der Waals surface area contributed by atoms with Crippen molar-refractivity contribution in [2.75, 3.05) is 17.4 Å². The molecule has 0 unspecified atom stereocenters. The highest BCUT2D eigenvalue weighted by Gasteiger charge is 2.27. The van der Waals surface area contributed by atoms with Crippen LogP contribution < -0.4 is 25.4 Å². The Bertz CT molecular complexity index is 927. The zero-order valence-electron chi connectivity index (χ0n) is 14.3. The largest absolute Gasteiger partial charge is 0.454 e.